The lowest BCUT2D eigenvalue weighted by atomic mass is 10.0. The van der Waals surface area contributed by atoms with E-state index >= 15 is 0 Å². The Morgan fingerprint density at radius 2 is 1.77 bits per heavy atom. The molecule has 0 saturated carbocycles. The summed E-state index contributed by atoms with van der Waals surface area (Å²) in [6.07, 6.45) is 2.09. The molecular formula is C26H32N2O2. The van der Waals surface area contributed by atoms with Gasteiger partial charge in [-0.3, -0.25) is 4.79 Å². The van der Waals surface area contributed by atoms with Crippen molar-refractivity contribution in [2.24, 2.45) is 5.92 Å². The van der Waals surface area contributed by atoms with Gasteiger partial charge in [0, 0.05) is 30.0 Å². The van der Waals surface area contributed by atoms with E-state index in [2.05, 4.69) is 74.9 Å². The van der Waals surface area contributed by atoms with Crippen LogP contribution in [0.3, 0.4) is 0 Å². The van der Waals surface area contributed by atoms with Crippen molar-refractivity contribution >= 4 is 5.91 Å². The van der Waals surface area contributed by atoms with Crippen molar-refractivity contribution in [1.82, 2.24) is 9.47 Å². The summed E-state index contributed by atoms with van der Waals surface area (Å²) in [6, 6.07) is 20.2. The number of carbonyl (C=O) groups excluding carboxylic acids is 1. The maximum Gasteiger partial charge on any atom is 0.254 e. The highest BCUT2D eigenvalue weighted by atomic mass is 16.5. The molecule has 0 fully saturated rings. The molecule has 2 aromatic carbocycles. The zero-order valence-electron chi connectivity index (χ0n) is 18.6. The van der Waals surface area contributed by atoms with Crippen molar-refractivity contribution in [2.75, 3.05) is 7.11 Å². The van der Waals surface area contributed by atoms with Gasteiger partial charge in [0.25, 0.3) is 5.91 Å². The molecule has 0 aliphatic rings. The van der Waals surface area contributed by atoms with Crippen LogP contribution in [0.1, 0.15) is 48.0 Å². The van der Waals surface area contributed by atoms with Crippen molar-refractivity contribution in [3.63, 3.8) is 0 Å². The van der Waals surface area contributed by atoms with Gasteiger partial charge in [-0.1, -0.05) is 43.7 Å². The molecule has 1 heterocycles. The first-order valence-electron chi connectivity index (χ1n) is 10.5. The summed E-state index contributed by atoms with van der Waals surface area (Å²) in [6.45, 7) is 9.92. The largest absolute Gasteiger partial charge is 0.497 e. The Morgan fingerprint density at radius 1 is 1.03 bits per heavy atom. The fourth-order valence-corrected chi connectivity index (χ4v) is 3.59. The summed E-state index contributed by atoms with van der Waals surface area (Å²) >= 11 is 0. The Balaban J connectivity index is 1.85. The third-order valence-electron chi connectivity index (χ3n) is 5.75. The molecule has 0 spiro atoms. The quantitative estimate of drug-likeness (QED) is 0.494. The maximum absolute atomic E-state index is 13.4. The Kier molecular flexibility index (Phi) is 6.99. The minimum absolute atomic E-state index is 0.0437. The Labute approximate surface area is 180 Å². The molecule has 3 rings (SSSR count). The van der Waals surface area contributed by atoms with E-state index in [0.717, 1.165) is 18.0 Å². The highest BCUT2D eigenvalue weighted by Gasteiger charge is 2.25. The molecule has 1 aromatic heterocycles. The number of ether oxygens (including phenoxy) is 1. The molecule has 1 amide bonds. The standard InChI is InChI=1S/C26H32N2O2/c1-19(2)21(4)28(26(29)23-11-13-25(30-5)14-12-23)18-24-10-7-15-27(24)17-22-9-6-8-20(3)16-22/h6-16,19,21H,17-18H2,1-5H3/t21-/m1/s1. The minimum Gasteiger partial charge on any atom is -0.497 e. The highest BCUT2D eigenvalue weighted by Crippen LogP contribution is 2.21. The third kappa shape index (κ3) is 5.12. The van der Waals surface area contributed by atoms with Crippen LogP contribution < -0.4 is 4.74 Å². The van der Waals surface area contributed by atoms with Crippen LogP contribution in [0.4, 0.5) is 0 Å². The Bertz CT molecular complexity index is 973. The van der Waals surface area contributed by atoms with Gasteiger partial charge >= 0.3 is 0 Å². The first-order valence-corrected chi connectivity index (χ1v) is 10.5. The van der Waals surface area contributed by atoms with E-state index in [0.29, 0.717) is 18.0 Å². The van der Waals surface area contributed by atoms with E-state index < -0.39 is 0 Å². The second-order valence-electron chi connectivity index (χ2n) is 8.26. The van der Waals surface area contributed by atoms with E-state index in [1.807, 2.05) is 29.2 Å². The number of aromatic nitrogens is 1. The van der Waals surface area contributed by atoms with Crippen LogP contribution in [0.25, 0.3) is 0 Å². The lowest BCUT2D eigenvalue weighted by Crippen LogP contribution is -2.41. The Hall–Kier alpha value is -3.01. The molecule has 0 saturated heterocycles. The van der Waals surface area contributed by atoms with Crippen LogP contribution >= 0.6 is 0 Å². The van der Waals surface area contributed by atoms with E-state index in [-0.39, 0.29) is 11.9 Å². The lowest BCUT2D eigenvalue weighted by molar-refractivity contribution is 0.0622. The van der Waals surface area contributed by atoms with Gasteiger partial charge in [0.05, 0.1) is 13.7 Å². The van der Waals surface area contributed by atoms with Crippen LogP contribution in [-0.2, 0) is 13.1 Å². The number of aryl methyl sites for hydroxylation is 1. The van der Waals surface area contributed by atoms with E-state index in [1.165, 1.54) is 11.1 Å². The zero-order valence-corrected chi connectivity index (χ0v) is 18.6. The molecule has 0 bridgehead atoms. The van der Waals surface area contributed by atoms with Crippen LogP contribution in [-0.4, -0.2) is 28.5 Å². The summed E-state index contributed by atoms with van der Waals surface area (Å²) in [7, 11) is 1.63. The molecule has 4 heteroatoms. The number of rotatable bonds is 8. The first-order chi connectivity index (χ1) is 14.4. The van der Waals surface area contributed by atoms with Crippen molar-refractivity contribution in [3.05, 3.63) is 89.2 Å². The first kappa shape index (κ1) is 21.7. The molecule has 0 unspecified atom stereocenters. The summed E-state index contributed by atoms with van der Waals surface area (Å²) in [5, 5.41) is 0. The van der Waals surface area contributed by atoms with Gasteiger partial charge in [0.15, 0.2) is 0 Å². The Morgan fingerprint density at radius 3 is 2.40 bits per heavy atom. The number of nitrogens with zero attached hydrogens (tertiary/aromatic N) is 2. The fourth-order valence-electron chi connectivity index (χ4n) is 3.59. The number of methoxy groups -OCH3 is 1. The smallest absolute Gasteiger partial charge is 0.254 e. The van der Waals surface area contributed by atoms with Crippen LogP contribution in [0.5, 0.6) is 5.75 Å². The number of amides is 1. The summed E-state index contributed by atoms with van der Waals surface area (Å²) in [5.41, 5.74) is 4.33. The topological polar surface area (TPSA) is 34.5 Å². The lowest BCUT2D eigenvalue weighted by Gasteiger charge is -2.32. The highest BCUT2D eigenvalue weighted by molar-refractivity contribution is 5.94. The summed E-state index contributed by atoms with van der Waals surface area (Å²) in [5.74, 6) is 1.15. The van der Waals surface area contributed by atoms with Crippen molar-refractivity contribution in [3.8, 4) is 5.75 Å². The monoisotopic (exact) mass is 404 g/mol. The summed E-state index contributed by atoms with van der Waals surface area (Å²) < 4.78 is 7.47. The normalized spacial score (nSPS) is 12.1. The SMILES string of the molecule is COc1ccc(C(=O)N(Cc2cccn2Cc2cccc(C)c2)[C@H](C)C(C)C)cc1. The molecule has 0 radical (unpaired) electrons. The van der Waals surface area contributed by atoms with Gasteiger partial charge in [-0.25, -0.2) is 0 Å². The number of hydrogen-bond acceptors (Lipinski definition) is 2. The zero-order chi connectivity index (χ0) is 21.7. The van der Waals surface area contributed by atoms with Crippen LogP contribution in [0.15, 0.2) is 66.9 Å². The van der Waals surface area contributed by atoms with Gasteiger partial charge in [-0.2, -0.15) is 0 Å². The van der Waals surface area contributed by atoms with Crippen molar-refractivity contribution in [2.45, 2.75) is 46.8 Å². The molecule has 3 aromatic rings. The second-order valence-corrected chi connectivity index (χ2v) is 8.26. The van der Waals surface area contributed by atoms with Gasteiger partial charge < -0.3 is 14.2 Å². The second kappa shape index (κ2) is 9.66. The van der Waals surface area contributed by atoms with Crippen LogP contribution in [0.2, 0.25) is 0 Å². The van der Waals surface area contributed by atoms with E-state index in [9.17, 15) is 4.79 Å². The number of hydrogen-bond donors (Lipinski definition) is 0. The van der Waals surface area contributed by atoms with Crippen molar-refractivity contribution in [1.29, 1.82) is 0 Å². The predicted molar refractivity (Wildman–Crippen MR) is 122 cm³/mol. The molecule has 1 atom stereocenters. The molecule has 4 nitrogen and oxygen atoms in total. The van der Waals surface area contributed by atoms with Gasteiger partial charge in [0.2, 0.25) is 0 Å². The van der Waals surface area contributed by atoms with Gasteiger partial charge in [-0.05, 0) is 61.7 Å². The summed E-state index contributed by atoms with van der Waals surface area (Å²) in [4.78, 5) is 15.4. The molecular weight excluding hydrogens is 372 g/mol. The molecule has 0 aliphatic carbocycles. The molecule has 0 N–H and O–H groups in total. The van der Waals surface area contributed by atoms with Crippen LogP contribution in [0, 0.1) is 12.8 Å². The van der Waals surface area contributed by atoms with Gasteiger partial charge in [-0.15, -0.1) is 0 Å². The van der Waals surface area contributed by atoms with Gasteiger partial charge in [0.1, 0.15) is 5.75 Å². The third-order valence-corrected chi connectivity index (χ3v) is 5.75. The van der Waals surface area contributed by atoms with E-state index in [1.54, 1.807) is 7.11 Å². The predicted octanol–water partition coefficient (Wildman–Crippen LogP) is 5.54. The fraction of sp³-hybridized carbons (Fsp3) is 0.346. The number of carbonyl (C=O) groups is 1. The maximum atomic E-state index is 13.4. The average Bonchev–Trinajstić information content (AvgIpc) is 3.17. The van der Waals surface area contributed by atoms with E-state index in [4.69, 9.17) is 4.74 Å². The number of benzene rings is 2. The molecule has 30 heavy (non-hydrogen) atoms. The molecule has 0 aliphatic heterocycles. The van der Waals surface area contributed by atoms with Crippen molar-refractivity contribution < 1.29 is 9.53 Å². The minimum atomic E-state index is 0.0437. The average molecular weight is 405 g/mol. The molecule has 158 valence electrons.